The van der Waals surface area contributed by atoms with Gasteiger partial charge in [-0.1, -0.05) is 17.7 Å². The molecule has 1 unspecified atom stereocenters. The van der Waals surface area contributed by atoms with E-state index in [1.807, 2.05) is 11.8 Å². The van der Waals surface area contributed by atoms with Crippen molar-refractivity contribution >= 4 is 23.4 Å². The van der Waals surface area contributed by atoms with E-state index in [4.69, 9.17) is 9.73 Å². The molecule has 2 aliphatic rings. The third-order valence-corrected chi connectivity index (χ3v) is 7.04. The Morgan fingerprint density at radius 2 is 2.04 bits per heavy atom. The first-order valence-electron chi connectivity index (χ1n) is 10.1. The predicted molar refractivity (Wildman–Crippen MR) is 117 cm³/mol. The average Bonchev–Trinajstić information content (AvgIpc) is 3.16. The fourth-order valence-electron chi connectivity index (χ4n) is 3.77. The van der Waals surface area contributed by atoms with Crippen molar-refractivity contribution in [2.45, 2.75) is 43.9 Å². The number of benzene rings is 1. The van der Waals surface area contributed by atoms with Crippen molar-refractivity contribution in [1.29, 1.82) is 0 Å². The van der Waals surface area contributed by atoms with E-state index < -0.39 is 0 Å². The number of aliphatic imine (C=N–C) groups is 1. The van der Waals surface area contributed by atoms with Crippen LogP contribution in [-0.2, 0) is 4.74 Å². The molecular weight excluding hydrogens is 356 g/mol. The van der Waals surface area contributed by atoms with Crippen molar-refractivity contribution in [1.82, 2.24) is 10.6 Å². The van der Waals surface area contributed by atoms with Gasteiger partial charge in [-0.25, -0.2) is 0 Å². The summed E-state index contributed by atoms with van der Waals surface area (Å²) in [5.41, 5.74) is 2.63. The van der Waals surface area contributed by atoms with Crippen molar-refractivity contribution < 1.29 is 4.74 Å². The molecule has 2 heterocycles. The fourth-order valence-corrected chi connectivity index (χ4v) is 4.54. The van der Waals surface area contributed by atoms with Gasteiger partial charge >= 0.3 is 0 Å². The first kappa shape index (κ1) is 20.3. The minimum atomic E-state index is 0.226. The molecule has 1 atom stereocenters. The molecule has 27 heavy (non-hydrogen) atoms. The molecular formula is C21H34N4OS. The lowest BCUT2D eigenvalue weighted by Gasteiger charge is -2.34. The van der Waals surface area contributed by atoms with Crippen LogP contribution < -0.4 is 15.5 Å². The molecule has 1 aromatic carbocycles. The van der Waals surface area contributed by atoms with Crippen LogP contribution in [0.1, 0.15) is 31.7 Å². The number of aryl methyl sites for hydroxylation is 1. The second kappa shape index (κ2) is 9.69. The van der Waals surface area contributed by atoms with Crippen LogP contribution in [0.4, 0.5) is 5.69 Å². The Bertz CT molecular complexity index is 613. The summed E-state index contributed by atoms with van der Waals surface area (Å²) >= 11 is 1.94. The summed E-state index contributed by atoms with van der Waals surface area (Å²) < 4.78 is 5.78. The van der Waals surface area contributed by atoms with Gasteiger partial charge in [0.25, 0.3) is 0 Å². The maximum Gasteiger partial charge on any atom is 0.191 e. The largest absolute Gasteiger partial charge is 0.381 e. The zero-order valence-electron chi connectivity index (χ0n) is 17.0. The van der Waals surface area contributed by atoms with Gasteiger partial charge in [-0.2, -0.15) is 11.8 Å². The first-order valence-corrected chi connectivity index (χ1v) is 11.4. The summed E-state index contributed by atoms with van der Waals surface area (Å²) in [6.45, 7) is 9.82. The topological polar surface area (TPSA) is 48.9 Å². The van der Waals surface area contributed by atoms with Crippen LogP contribution in [0.15, 0.2) is 29.3 Å². The van der Waals surface area contributed by atoms with Crippen LogP contribution in [0.2, 0.25) is 0 Å². The van der Waals surface area contributed by atoms with E-state index in [9.17, 15) is 0 Å². The van der Waals surface area contributed by atoms with Gasteiger partial charge in [-0.3, -0.25) is 4.99 Å². The van der Waals surface area contributed by atoms with Crippen LogP contribution in [-0.4, -0.2) is 62.4 Å². The molecule has 1 aromatic rings. The second-order valence-corrected chi connectivity index (χ2v) is 8.88. The number of guanidine groups is 1. The molecule has 0 saturated carbocycles. The molecule has 6 heteroatoms. The van der Waals surface area contributed by atoms with Crippen molar-refractivity contribution in [3.63, 3.8) is 0 Å². The van der Waals surface area contributed by atoms with Crippen LogP contribution in [0.3, 0.4) is 0 Å². The van der Waals surface area contributed by atoms with Crippen molar-refractivity contribution in [2.75, 3.05) is 50.5 Å². The maximum atomic E-state index is 5.55. The monoisotopic (exact) mass is 390 g/mol. The Morgan fingerprint density at radius 3 is 2.70 bits per heavy atom. The Hall–Kier alpha value is -1.40. The van der Waals surface area contributed by atoms with Gasteiger partial charge in [0, 0.05) is 49.3 Å². The molecule has 0 radical (unpaired) electrons. The fraction of sp³-hybridized carbons (Fsp3) is 0.667. The van der Waals surface area contributed by atoms with Crippen LogP contribution in [0.25, 0.3) is 0 Å². The molecule has 0 spiro atoms. The zero-order chi connectivity index (χ0) is 19.1. The Morgan fingerprint density at radius 1 is 1.30 bits per heavy atom. The van der Waals surface area contributed by atoms with E-state index in [1.165, 1.54) is 11.3 Å². The first-order chi connectivity index (χ1) is 13.1. The van der Waals surface area contributed by atoms with Crippen LogP contribution in [0, 0.1) is 6.92 Å². The van der Waals surface area contributed by atoms with Gasteiger partial charge in [-0.15, -0.1) is 0 Å². The quantitative estimate of drug-likeness (QED) is 0.578. The molecule has 0 amide bonds. The lowest BCUT2D eigenvalue weighted by molar-refractivity contribution is 0.0794. The number of hydrogen-bond donors (Lipinski definition) is 2. The summed E-state index contributed by atoms with van der Waals surface area (Å²) in [5, 5.41) is 7.10. The Labute approximate surface area is 168 Å². The molecule has 2 N–H and O–H groups in total. The van der Waals surface area contributed by atoms with E-state index in [0.29, 0.717) is 6.04 Å². The lowest BCUT2D eigenvalue weighted by Crippen LogP contribution is -2.46. The number of rotatable bonds is 6. The van der Waals surface area contributed by atoms with E-state index in [-0.39, 0.29) is 4.75 Å². The smallest absolute Gasteiger partial charge is 0.191 e. The van der Waals surface area contributed by atoms with Gasteiger partial charge < -0.3 is 20.3 Å². The SMILES string of the molecule is CCNC(=NCC1(SC)CCOCC1)NC1CCN(c2ccc(C)cc2)C1. The van der Waals surface area contributed by atoms with Gasteiger partial charge in [0.15, 0.2) is 5.96 Å². The predicted octanol–water partition coefficient (Wildman–Crippen LogP) is 3.04. The second-order valence-electron chi connectivity index (χ2n) is 7.61. The summed E-state index contributed by atoms with van der Waals surface area (Å²) in [6.07, 6.45) is 5.51. The van der Waals surface area contributed by atoms with Crippen molar-refractivity contribution in [3.8, 4) is 0 Å². The van der Waals surface area contributed by atoms with Gasteiger partial charge in [0.05, 0.1) is 6.54 Å². The van der Waals surface area contributed by atoms with E-state index in [1.54, 1.807) is 0 Å². The lowest BCUT2D eigenvalue weighted by atomic mass is 9.99. The highest BCUT2D eigenvalue weighted by molar-refractivity contribution is 8.00. The van der Waals surface area contributed by atoms with Crippen LogP contribution in [0.5, 0.6) is 0 Å². The van der Waals surface area contributed by atoms with E-state index >= 15 is 0 Å². The highest BCUT2D eigenvalue weighted by Crippen LogP contribution is 2.34. The number of thioether (sulfide) groups is 1. The van der Waals surface area contributed by atoms with Crippen molar-refractivity contribution in [2.24, 2.45) is 4.99 Å². The van der Waals surface area contributed by atoms with Crippen molar-refractivity contribution in [3.05, 3.63) is 29.8 Å². The molecule has 2 saturated heterocycles. The average molecular weight is 391 g/mol. The summed E-state index contributed by atoms with van der Waals surface area (Å²) in [6, 6.07) is 9.27. The Balaban J connectivity index is 1.58. The minimum absolute atomic E-state index is 0.226. The molecule has 0 aromatic heterocycles. The van der Waals surface area contributed by atoms with Gasteiger partial charge in [0.2, 0.25) is 0 Å². The standard InChI is InChI=1S/C21H34N4OS/c1-4-22-20(23-16-21(27-3)10-13-26-14-11-21)24-18-9-12-25(15-18)19-7-5-17(2)6-8-19/h5-8,18H,4,9-16H2,1-3H3,(H2,22,23,24). The summed E-state index contributed by atoms with van der Waals surface area (Å²) in [4.78, 5) is 7.41. The number of nitrogens with zero attached hydrogens (tertiary/aromatic N) is 2. The van der Waals surface area contributed by atoms with E-state index in [2.05, 4.69) is 59.9 Å². The molecule has 2 aliphatic heterocycles. The third-order valence-electron chi connectivity index (χ3n) is 5.63. The third kappa shape index (κ3) is 5.55. The number of anilines is 1. The minimum Gasteiger partial charge on any atom is -0.381 e. The molecule has 2 fully saturated rings. The van der Waals surface area contributed by atoms with E-state index in [0.717, 1.165) is 64.6 Å². The molecule has 0 aliphatic carbocycles. The molecule has 3 rings (SSSR count). The maximum absolute atomic E-state index is 5.55. The molecule has 150 valence electrons. The normalized spacial score (nSPS) is 22.7. The number of nitrogens with one attached hydrogen (secondary N) is 2. The highest BCUT2D eigenvalue weighted by atomic mass is 32.2. The summed E-state index contributed by atoms with van der Waals surface area (Å²) in [5.74, 6) is 0.952. The number of hydrogen-bond acceptors (Lipinski definition) is 4. The Kier molecular flexibility index (Phi) is 7.30. The van der Waals surface area contributed by atoms with Gasteiger partial charge in [0.1, 0.15) is 0 Å². The summed E-state index contributed by atoms with van der Waals surface area (Å²) in [7, 11) is 0. The number of ether oxygens (including phenoxy) is 1. The zero-order valence-corrected chi connectivity index (χ0v) is 17.8. The van der Waals surface area contributed by atoms with Gasteiger partial charge in [-0.05, 0) is 51.5 Å². The molecule has 0 bridgehead atoms. The van der Waals surface area contributed by atoms with Crippen LogP contribution >= 0.6 is 11.8 Å². The highest BCUT2D eigenvalue weighted by Gasteiger charge is 2.32. The molecule has 5 nitrogen and oxygen atoms in total.